The predicted molar refractivity (Wildman–Crippen MR) is 71.5 cm³/mol. The van der Waals surface area contributed by atoms with Gasteiger partial charge in [-0.05, 0) is 26.8 Å². The standard InChI is InChI=1S/C12H23N5O/c1-9(2)17(6-5-12(13)15-18)8-11-7-10(3)14-16(11)4/h7,9,18H,5-6,8H2,1-4H3,(H2,13,15). The molecule has 0 aliphatic carbocycles. The van der Waals surface area contributed by atoms with Gasteiger partial charge in [0.15, 0.2) is 0 Å². The van der Waals surface area contributed by atoms with E-state index in [2.05, 4.69) is 35.1 Å². The second kappa shape index (κ2) is 6.39. The van der Waals surface area contributed by atoms with E-state index in [0.717, 1.165) is 18.8 Å². The van der Waals surface area contributed by atoms with Crippen LogP contribution in [0.3, 0.4) is 0 Å². The molecule has 6 nitrogen and oxygen atoms in total. The minimum atomic E-state index is 0.266. The van der Waals surface area contributed by atoms with E-state index in [4.69, 9.17) is 10.9 Å². The van der Waals surface area contributed by atoms with Gasteiger partial charge in [0.25, 0.3) is 0 Å². The fourth-order valence-corrected chi connectivity index (χ4v) is 1.85. The average molecular weight is 253 g/mol. The van der Waals surface area contributed by atoms with Crippen LogP contribution in [-0.4, -0.2) is 38.3 Å². The van der Waals surface area contributed by atoms with Crippen LogP contribution in [0.4, 0.5) is 0 Å². The Labute approximate surface area is 108 Å². The summed E-state index contributed by atoms with van der Waals surface area (Å²) < 4.78 is 1.90. The van der Waals surface area contributed by atoms with Crippen molar-refractivity contribution in [3.63, 3.8) is 0 Å². The molecule has 0 aromatic carbocycles. The number of nitrogens with two attached hydrogens (primary N) is 1. The van der Waals surface area contributed by atoms with Gasteiger partial charge in [-0.15, -0.1) is 0 Å². The molecule has 0 amide bonds. The number of hydrogen-bond donors (Lipinski definition) is 2. The summed E-state index contributed by atoms with van der Waals surface area (Å²) in [5.74, 6) is 0.266. The van der Waals surface area contributed by atoms with E-state index >= 15 is 0 Å². The quantitative estimate of drug-likeness (QED) is 0.344. The largest absolute Gasteiger partial charge is 0.409 e. The van der Waals surface area contributed by atoms with Gasteiger partial charge in [-0.3, -0.25) is 9.58 Å². The Morgan fingerprint density at radius 3 is 2.72 bits per heavy atom. The number of nitrogens with zero attached hydrogens (tertiary/aromatic N) is 4. The second-order valence-electron chi connectivity index (χ2n) is 4.81. The molecule has 0 saturated carbocycles. The Hall–Kier alpha value is -1.56. The first kappa shape index (κ1) is 14.5. The number of aryl methyl sites for hydroxylation is 2. The number of oxime groups is 1. The summed E-state index contributed by atoms with van der Waals surface area (Å²) in [6, 6.07) is 2.48. The van der Waals surface area contributed by atoms with E-state index in [1.165, 1.54) is 5.69 Å². The molecule has 102 valence electrons. The van der Waals surface area contributed by atoms with Crippen molar-refractivity contribution in [3.8, 4) is 0 Å². The van der Waals surface area contributed by atoms with Gasteiger partial charge in [-0.1, -0.05) is 5.16 Å². The summed E-state index contributed by atoms with van der Waals surface area (Å²) in [6.45, 7) is 7.83. The summed E-state index contributed by atoms with van der Waals surface area (Å²) >= 11 is 0. The van der Waals surface area contributed by atoms with Crippen LogP contribution in [0.5, 0.6) is 0 Å². The van der Waals surface area contributed by atoms with Gasteiger partial charge in [0.05, 0.1) is 11.4 Å². The van der Waals surface area contributed by atoms with E-state index in [1.807, 2.05) is 18.7 Å². The van der Waals surface area contributed by atoms with E-state index in [9.17, 15) is 0 Å². The first-order chi connectivity index (χ1) is 8.43. The predicted octanol–water partition coefficient (Wildman–Crippen LogP) is 1.08. The molecule has 3 N–H and O–H groups in total. The highest BCUT2D eigenvalue weighted by molar-refractivity contribution is 5.79. The minimum absolute atomic E-state index is 0.266. The summed E-state index contributed by atoms with van der Waals surface area (Å²) in [6.07, 6.45) is 0.561. The summed E-state index contributed by atoms with van der Waals surface area (Å²) in [5.41, 5.74) is 7.69. The molecule has 6 heteroatoms. The van der Waals surface area contributed by atoms with Gasteiger partial charge in [-0.25, -0.2) is 0 Å². The van der Waals surface area contributed by atoms with Gasteiger partial charge in [0.2, 0.25) is 0 Å². The van der Waals surface area contributed by atoms with E-state index in [1.54, 1.807) is 0 Å². The highest BCUT2D eigenvalue weighted by Crippen LogP contribution is 2.09. The Morgan fingerprint density at radius 2 is 2.28 bits per heavy atom. The molecule has 0 radical (unpaired) electrons. The third-order valence-corrected chi connectivity index (χ3v) is 2.98. The molecule has 0 saturated heterocycles. The highest BCUT2D eigenvalue weighted by Gasteiger charge is 2.13. The van der Waals surface area contributed by atoms with Crippen molar-refractivity contribution in [1.29, 1.82) is 0 Å². The maximum absolute atomic E-state index is 8.55. The molecule has 0 fully saturated rings. The van der Waals surface area contributed by atoms with Crippen LogP contribution in [0.25, 0.3) is 0 Å². The smallest absolute Gasteiger partial charge is 0.140 e. The molecule has 0 aliphatic rings. The molecule has 0 aliphatic heterocycles. The van der Waals surface area contributed by atoms with Gasteiger partial charge in [-0.2, -0.15) is 5.10 Å². The molecular formula is C12H23N5O. The molecule has 0 atom stereocenters. The molecule has 1 rings (SSSR count). The summed E-state index contributed by atoms with van der Waals surface area (Å²) in [4.78, 5) is 2.27. The monoisotopic (exact) mass is 253 g/mol. The molecule has 0 bridgehead atoms. The SMILES string of the molecule is Cc1cc(CN(CCC(N)=NO)C(C)C)n(C)n1. The lowest BCUT2D eigenvalue weighted by Gasteiger charge is -2.26. The zero-order valence-electron chi connectivity index (χ0n) is 11.6. The molecular weight excluding hydrogens is 230 g/mol. The summed E-state index contributed by atoms with van der Waals surface area (Å²) in [7, 11) is 1.95. The molecule has 18 heavy (non-hydrogen) atoms. The van der Waals surface area contributed by atoms with Gasteiger partial charge in [0, 0.05) is 32.6 Å². The first-order valence-electron chi connectivity index (χ1n) is 6.14. The first-order valence-corrected chi connectivity index (χ1v) is 6.14. The zero-order valence-corrected chi connectivity index (χ0v) is 11.6. The maximum atomic E-state index is 8.55. The number of aromatic nitrogens is 2. The van der Waals surface area contributed by atoms with Gasteiger partial charge < -0.3 is 10.9 Å². The molecule has 0 unspecified atom stereocenters. The zero-order chi connectivity index (χ0) is 13.7. The van der Waals surface area contributed by atoms with Crippen molar-refractivity contribution in [2.75, 3.05) is 6.54 Å². The minimum Gasteiger partial charge on any atom is -0.409 e. The number of hydrogen-bond acceptors (Lipinski definition) is 4. The molecule has 1 aromatic heterocycles. The van der Waals surface area contributed by atoms with Crippen molar-refractivity contribution in [3.05, 3.63) is 17.5 Å². The van der Waals surface area contributed by atoms with Crippen LogP contribution in [0.15, 0.2) is 11.2 Å². The fourth-order valence-electron chi connectivity index (χ4n) is 1.85. The average Bonchev–Trinajstić information content (AvgIpc) is 2.62. The highest BCUT2D eigenvalue weighted by atomic mass is 16.4. The van der Waals surface area contributed by atoms with E-state index < -0.39 is 0 Å². The molecule has 0 spiro atoms. The summed E-state index contributed by atoms with van der Waals surface area (Å²) in [5, 5.41) is 15.9. The Kier molecular flexibility index (Phi) is 5.15. The van der Waals surface area contributed by atoms with E-state index in [-0.39, 0.29) is 5.84 Å². The van der Waals surface area contributed by atoms with Crippen molar-refractivity contribution >= 4 is 5.84 Å². The Balaban J connectivity index is 2.66. The fraction of sp³-hybridized carbons (Fsp3) is 0.667. The normalized spacial score (nSPS) is 12.7. The Bertz CT molecular complexity index is 411. The van der Waals surface area contributed by atoms with E-state index in [0.29, 0.717) is 12.5 Å². The second-order valence-corrected chi connectivity index (χ2v) is 4.81. The topological polar surface area (TPSA) is 79.7 Å². The molecule has 1 heterocycles. The van der Waals surface area contributed by atoms with Crippen molar-refractivity contribution < 1.29 is 5.21 Å². The Morgan fingerprint density at radius 1 is 1.61 bits per heavy atom. The van der Waals surface area contributed by atoms with Crippen molar-refractivity contribution in [1.82, 2.24) is 14.7 Å². The number of amidine groups is 1. The maximum Gasteiger partial charge on any atom is 0.140 e. The van der Waals surface area contributed by atoms with Gasteiger partial charge in [0.1, 0.15) is 5.84 Å². The van der Waals surface area contributed by atoms with Crippen LogP contribution < -0.4 is 5.73 Å². The van der Waals surface area contributed by atoms with Crippen molar-refractivity contribution in [2.45, 2.75) is 39.8 Å². The van der Waals surface area contributed by atoms with Crippen molar-refractivity contribution in [2.24, 2.45) is 17.9 Å². The van der Waals surface area contributed by atoms with Crippen LogP contribution in [-0.2, 0) is 13.6 Å². The lowest BCUT2D eigenvalue weighted by atomic mass is 10.2. The lowest BCUT2D eigenvalue weighted by molar-refractivity contribution is 0.212. The lowest BCUT2D eigenvalue weighted by Crippen LogP contribution is -2.34. The van der Waals surface area contributed by atoms with Gasteiger partial charge >= 0.3 is 0 Å². The third kappa shape index (κ3) is 4.03. The van der Waals surface area contributed by atoms with Crippen LogP contribution in [0.2, 0.25) is 0 Å². The van der Waals surface area contributed by atoms with Crippen LogP contribution >= 0.6 is 0 Å². The van der Waals surface area contributed by atoms with Crippen LogP contribution in [0, 0.1) is 6.92 Å². The number of rotatable bonds is 6. The molecule has 1 aromatic rings. The van der Waals surface area contributed by atoms with Crippen LogP contribution in [0.1, 0.15) is 31.7 Å². The third-order valence-electron chi connectivity index (χ3n) is 2.98.